The van der Waals surface area contributed by atoms with Crippen LogP contribution in [0.1, 0.15) is 40.6 Å². The maximum absolute atomic E-state index is 14.3. The van der Waals surface area contributed by atoms with Gasteiger partial charge in [0, 0.05) is 17.4 Å². The van der Waals surface area contributed by atoms with Crippen molar-refractivity contribution in [2.24, 2.45) is 5.92 Å². The number of carbonyl (C=O) groups excluding carboxylic acids is 2. The number of aliphatic carboxylic acids is 1. The molecule has 7 nitrogen and oxygen atoms in total. The van der Waals surface area contributed by atoms with E-state index in [0.29, 0.717) is 24.1 Å². The van der Waals surface area contributed by atoms with Gasteiger partial charge in [-0.15, -0.1) is 0 Å². The molecule has 35 heavy (non-hydrogen) atoms. The Kier molecular flexibility index (Phi) is 4.88. The molecule has 0 spiro atoms. The van der Waals surface area contributed by atoms with Gasteiger partial charge in [0.2, 0.25) is 5.91 Å². The lowest BCUT2D eigenvalue weighted by molar-refractivity contribution is -0.141. The third-order valence-corrected chi connectivity index (χ3v) is 7.60. The Labute approximate surface area is 202 Å². The monoisotopic (exact) mass is 468 g/mol. The highest BCUT2D eigenvalue weighted by molar-refractivity contribution is 6.06. The molecule has 6 rings (SSSR count). The van der Waals surface area contributed by atoms with Gasteiger partial charge in [0.15, 0.2) is 6.04 Å². The number of alkyl carbamates (subject to hydrolysis) is 1. The minimum absolute atomic E-state index is 0.172. The van der Waals surface area contributed by atoms with Gasteiger partial charge in [0.1, 0.15) is 0 Å². The van der Waals surface area contributed by atoms with Crippen molar-refractivity contribution in [3.05, 3.63) is 89.0 Å². The molecule has 3 atom stereocenters. The summed E-state index contributed by atoms with van der Waals surface area (Å²) in [4.78, 5) is 40.4. The number of carboxylic acids is 1. The van der Waals surface area contributed by atoms with Gasteiger partial charge in [-0.3, -0.25) is 9.69 Å². The summed E-state index contributed by atoms with van der Waals surface area (Å²) >= 11 is 0. The Balaban J connectivity index is 1.49. The van der Waals surface area contributed by atoms with E-state index in [9.17, 15) is 19.5 Å². The number of amides is 2. The number of hydrogen-bond donors (Lipinski definition) is 2. The van der Waals surface area contributed by atoms with E-state index < -0.39 is 30.1 Å². The number of nitrogens with one attached hydrogen (secondary N) is 1. The fraction of sp³-hybridized carbons (Fsp3) is 0.250. The second-order valence-electron chi connectivity index (χ2n) is 9.26. The fourth-order valence-electron chi connectivity index (χ4n) is 6.21. The number of methoxy groups -OCH3 is 1. The van der Waals surface area contributed by atoms with E-state index in [4.69, 9.17) is 4.74 Å². The number of anilines is 1. The standard InChI is InChI=1S/C28H24N2O5/c1-35-28(34)29-23-21-12-6-7-15-13-14-20(26(31)30(24(15)21)25(23)27(32)33)22-18-10-4-2-8-16(18)17-9-3-5-11-19(17)22/h2-12,20,22-23,25H,13-14H2,1H3,(H,29,34)(H,32,33). The highest BCUT2D eigenvalue weighted by Crippen LogP contribution is 2.53. The molecule has 0 fully saturated rings. The third-order valence-electron chi connectivity index (χ3n) is 7.60. The van der Waals surface area contributed by atoms with Crippen molar-refractivity contribution in [3.8, 4) is 11.1 Å². The molecule has 0 radical (unpaired) electrons. The molecule has 3 aliphatic rings. The van der Waals surface area contributed by atoms with E-state index in [2.05, 4.69) is 29.6 Å². The number of para-hydroxylation sites is 1. The molecule has 7 heteroatoms. The second kappa shape index (κ2) is 7.98. The van der Waals surface area contributed by atoms with Crippen molar-refractivity contribution in [2.45, 2.75) is 30.8 Å². The topological polar surface area (TPSA) is 95.9 Å². The molecule has 176 valence electrons. The van der Waals surface area contributed by atoms with Crippen LogP contribution in [0.3, 0.4) is 0 Å². The number of benzene rings is 3. The minimum Gasteiger partial charge on any atom is -0.480 e. The van der Waals surface area contributed by atoms with Gasteiger partial charge in [0.25, 0.3) is 0 Å². The van der Waals surface area contributed by atoms with Crippen LogP contribution in [0.5, 0.6) is 0 Å². The average Bonchev–Trinajstić information content (AvgIpc) is 3.33. The number of nitrogens with zero attached hydrogens (tertiary/aromatic N) is 1. The molecule has 0 saturated carbocycles. The van der Waals surface area contributed by atoms with Crippen LogP contribution in [0.2, 0.25) is 0 Å². The summed E-state index contributed by atoms with van der Waals surface area (Å²) in [5.41, 5.74) is 6.56. The van der Waals surface area contributed by atoms with Crippen molar-refractivity contribution in [1.82, 2.24) is 5.32 Å². The molecule has 2 amide bonds. The summed E-state index contributed by atoms with van der Waals surface area (Å²) in [6.07, 6.45) is 0.494. The van der Waals surface area contributed by atoms with Gasteiger partial charge in [-0.1, -0.05) is 66.7 Å². The fourth-order valence-corrected chi connectivity index (χ4v) is 6.21. The summed E-state index contributed by atoms with van der Waals surface area (Å²) in [5, 5.41) is 12.9. The van der Waals surface area contributed by atoms with Crippen LogP contribution in [-0.4, -0.2) is 36.2 Å². The predicted octanol–water partition coefficient (Wildman–Crippen LogP) is 4.26. The number of aryl methyl sites for hydroxylation is 1. The van der Waals surface area contributed by atoms with Gasteiger partial charge in [-0.2, -0.15) is 0 Å². The van der Waals surface area contributed by atoms with Crippen molar-refractivity contribution in [3.63, 3.8) is 0 Å². The quantitative estimate of drug-likeness (QED) is 0.599. The Morgan fingerprint density at radius 3 is 2.20 bits per heavy atom. The Morgan fingerprint density at radius 1 is 0.943 bits per heavy atom. The van der Waals surface area contributed by atoms with E-state index in [1.807, 2.05) is 36.4 Å². The first-order valence-corrected chi connectivity index (χ1v) is 11.7. The molecular formula is C28H24N2O5. The van der Waals surface area contributed by atoms with Gasteiger partial charge in [-0.25, -0.2) is 9.59 Å². The zero-order chi connectivity index (χ0) is 24.3. The van der Waals surface area contributed by atoms with Gasteiger partial charge >= 0.3 is 12.1 Å². The van der Waals surface area contributed by atoms with E-state index >= 15 is 0 Å². The minimum atomic E-state index is -1.26. The van der Waals surface area contributed by atoms with Crippen LogP contribution < -0.4 is 10.2 Å². The molecule has 0 aromatic heterocycles. The number of ether oxygens (including phenoxy) is 1. The molecule has 2 N–H and O–H groups in total. The van der Waals surface area contributed by atoms with Crippen LogP contribution in [-0.2, 0) is 20.7 Å². The number of fused-ring (bicyclic) bond motifs is 3. The zero-order valence-corrected chi connectivity index (χ0v) is 19.1. The maximum atomic E-state index is 14.3. The van der Waals surface area contributed by atoms with Crippen LogP contribution in [0.15, 0.2) is 66.7 Å². The summed E-state index contributed by atoms with van der Waals surface area (Å²) in [6.45, 7) is 0. The van der Waals surface area contributed by atoms with Gasteiger partial charge in [-0.05, 0) is 40.7 Å². The lowest BCUT2D eigenvalue weighted by Crippen LogP contribution is -2.50. The zero-order valence-electron chi connectivity index (χ0n) is 19.1. The molecule has 0 bridgehead atoms. The van der Waals surface area contributed by atoms with Crippen molar-refractivity contribution in [1.29, 1.82) is 0 Å². The van der Waals surface area contributed by atoms with Crippen LogP contribution in [0, 0.1) is 5.92 Å². The lowest BCUT2D eigenvalue weighted by atomic mass is 9.80. The smallest absolute Gasteiger partial charge is 0.407 e. The first kappa shape index (κ1) is 21.4. The van der Waals surface area contributed by atoms with Crippen LogP contribution >= 0.6 is 0 Å². The van der Waals surface area contributed by atoms with Crippen molar-refractivity contribution in [2.75, 3.05) is 12.0 Å². The van der Waals surface area contributed by atoms with E-state index in [1.165, 1.54) is 12.0 Å². The van der Waals surface area contributed by atoms with E-state index in [1.54, 1.807) is 6.07 Å². The normalized spacial score (nSPS) is 22.1. The Hall–Kier alpha value is -4.13. The van der Waals surface area contributed by atoms with Crippen molar-refractivity contribution >= 4 is 23.7 Å². The largest absolute Gasteiger partial charge is 0.480 e. The molecular weight excluding hydrogens is 444 g/mol. The molecule has 3 aromatic rings. The molecule has 2 aliphatic heterocycles. The van der Waals surface area contributed by atoms with Gasteiger partial charge < -0.3 is 15.2 Å². The first-order chi connectivity index (χ1) is 17.0. The average molecular weight is 469 g/mol. The Morgan fingerprint density at radius 2 is 1.57 bits per heavy atom. The number of carboxylic acid groups (broad SMARTS) is 1. The van der Waals surface area contributed by atoms with Crippen LogP contribution in [0.4, 0.5) is 10.5 Å². The maximum Gasteiger partial charge on any atom is 0.407 e. The summed E-state index contributed by atoms with van der Waals surface area (Å²) in [5.74, 6) is -2.02. The Bertz CT molecular complexity index is 1340. The number of rotatable bonds is 3. The molecule has 1 aliphatic carbocycles. The predicted molar refractivity (Wildman–Crippen MR) is 129 cm³/mol. The lowest BCUT2D eigenvalue weighted by Gasteiger charge is -2.31. The molecule has 2 heterocycles. The summed E-state index contributed by atoms with van der Waals surface area (Å²) in [7, 11) is 1.23. The third kappa shape index (κ3) is 3.07. The first-order valence-electron chi connectivity index (χ1n) is 11.7. The SMILES string of the molecule is COC(=O)NC1c2cccc3c2N(C(=O)C(C2c4ccccc4-c4ccccc42)CC3)C1C(=O)O. The van der Waals surface area contributed by atoms with E-state index in [0.717, 1.165) is 27.8 Å². The number of hydrogen-bond acceptors (Lipinski definition) is 4. The van der Waals surface area contributed by atoms with Crippen LogP contribution in [0.25, 0.3) is 11.1 Å². The molecule has 0 saturated heterocycles. The second-order valence-corrected chi connectivity index (χ2v) is 9.26. The summed E-state index contributed by atoms with van der Waals surface area (Å²) in [6, 6.07) is 19.7. The molecule has 3 unspecified atom stereocenters. The van der Waals surface area contributed by atoms with Crippen molar-refractivity contribution < 1.29 is 24.2 Å². The molecule has 3 aromatic carbocycles. The number of carbonyl (C=O) groups is 3. The van der Waals surface area contributed by atoms with Gasteiger partial charge in [0.05, 0.1) is 18.8 Å². The highest BCUT2D eigenvalue weighted by atomic mass is 16.5. The van der Waals surface area contributed by atoms with E-state index in [-0.39, 0.29) is 11.8 Å². The summed E-state index contributed by atoms with van der Waals surface area (Å²) < 4.78 is 4.76. The highest BCUT2D eigenvalue weighted by Gasteiger charge is 2.52.